The van der Waals surface area contributed by atoms with Crippen LogP contribution in [0.15, 0.2) is 24.3 Å². The Morgan fingerprint density at radius 1 is 1.29 bits per heavy atom. The molecule has 0 heterocycles. The maximum atomic E-state index is 11.6. The highest BCUT2D eigenvalue weighted by molar-refractivity contribution is 5.95. The molecular weight excluding hydrogens is 220 g/mol. The number of nitrogen functional groups attached to an aromatic ring is 1. The van der Waals surface area contributed by atoms with Crippen LogP contribution in [0.2, 0.25) is 0 Å². The predicted octanol–water partition coefficient (Wildman–Crippen LogP) is 0.654. The molecule has 0 aromatic heterocycles. The van der Waals surface area contributed by atoms with E-state index in [0.717, 1.165) is 0 Å². The zero-order valence-electron chi connectivity index (χ0n) is 9.78. The van der Waals surface area contributed by atoms with E-state index in [0.29, 0.717) is 11.4 Å². The van der Waals surface area contributed by atoms with Crippen LogP contribution in [0.25, 0.3) is 0 Å². The molecule has 92 valence electrons. The first-order chi connectivity index (χ1) is 7.81. The molecule has 0 aliphatic heterocycles. The van der Waals surface area contributed by atoms with Crippen molar-refractivity contribution in [1.29, 1.82) is 0 Å². The van der Waals surface area contributed by atoms with E-state index in [9.17, 15) is 9.59 Å². The number of nitrogens with one attached hydrogen (secondary N) is 2. The van der Waals surface area contributed by atoms with Gasteiger partial charge in [-0.05, 0) is 32.0 Å². The number of primary amides is 1. The van der Waals surface area contributed by atoms with Crippen LogP contribution in [0.1, 0.15) is 13.8 Å². The summed E-state index contributed by atoms with van der Waals surface area (Å²) in [6.07, 6.45) is 0. The molecule has 0 aliphatic carbocycles. The second-order valence-corrected chi connectivity index (χ2v) is 4.19. The summed E-state index contributed by atoms with van der Waals surface area (Å²) in [6, 6.07) is 6.20. The summed E-state index contributed by atoms with van der Waals surface area (Å²) in [7, 11) is 0. The van der Waals surface area contributed by atoms with Gasteiger partial charge in [-0.15, -0.1) is 0 Å². The Labute approximate surface area is 99.4 Å². The highest BCUT2D eigenvalue weighted by atomic mass is 16.2. The molecule has 0 aliphatic rings. The maximum absolute atomic E-state index is 11.6. The fourth-order valence-corrected chi connectivity index (χ4v) is 1.12. The first kappa shape index (κ1) is 12.8. The first-order valence-electron chi connectivity index (χ1n) is 5.06. The summed E-state index contributed by atoms with van der Waals surface area (Å²) < 4.78 is 0. The molecule has 1 rings (SSSR count). The topological polar surface area (TPSA) is 110 Å². The van der Waals surface area contributed by atoms with E-state index in [2.05, 4.69) is 10.6 Å². The molecule has 0 unspecified atom stereocenters. The quantitative estimate of drug-likeness (QED) is 0.578. The van der Waals surface area contributed by atoms with Crippen molar-refractivity contribution in [2.45, 2.75) is 19.4 Å². The molecule has 0 saturated carbocycles. The lowest BCUT2D eigenvalue weighted by Gasteiger charge is -2.22. The molecule has 3 amide bonds. The second-order valence-electron chi connectivity index (χ2n) is 4.19. The minimum atomic E-state index is -1.11. The monoisotopic (exact) mass is 236 g/mol. The fourth-order valence-electron chi connectivity index (χ4n) is 1.12. The highest BCUT2D eigenvalue weighted by Crippen LogP contribution is 2.12. The molecule has 6 N–H and O–H groups in total. The SMILES string of the molecule is CC(C)(NC(=O)Nc1cccc(N)c1)C(N)=O. The van der Waals surface area contributed by atoms with Gasteiger partial charge in [0, 0.05) is 11.4 Å². The second kappa shape index (κ2) is 4.73. The smallest absolute Gasteiger partial charge is 0.320 e. The van der Waals surface area contributed by atoms with Crippen LogP contribution in [0.4, 0.5) is 16.2 Å². The Balaban J connectivity index is 2.65. The number of anilines is 2. The van der Waals surface area contributed by atoms with Gasteiger partial charge in [0.25, 0.3) is 0 Å². The normalized spacial score (nSPS) is 10.7. The summed E-state index contributed by atoms with van der Waals surface area (Å²) in [6.45, 7) is 3.04. The Morgan fingerprint density at radius 2 is 1.94 bits per heavy atom. The average Bonchev–Trinajstić information content (AvgIpc) is 2.15. The molecule has 0 atom stereocenters. The van der Waals surface area contributed by atoms with E-state index < -0.39 is 17.5 Å². The Bertz CT molecular complexity index is 443. The number of benzene rings is 1. The molecule has 6 nitrogen and oxygen atoms in total. The van der Waals surface area contributed by atoms with Crippen molar-refractivity contribution >= 4 is 23.3 Å². The third kappa shape index (κ3) is 3.67. The van der Waals surface area contributed by atoms with Crippen LogP contribution in [0, 0.1) is 0 Å². The molecular formula is C11H16N4O2. The largest absolute Gasteiger partial charge is 0.399 e. The van der Waals surface area contributed by atoms with Crippen molar-refractivity contribution in [1.82, 2.24) is 5.32 Å². The molecule has 1 aromatic rings. The summed E-state index contributed by atoms with van der Waals surface area (Å²) in [5.74, 6) is -0.611. The van der Waals surface area contributed by atoms with E-state index in [1.165, 1.54) is 13.8 Å². The zero-order chi connectivity index (χ0) is 13.1. The number of rotatable bonds is 3. The van der Waals surface area contributed by atoms with E-state index in [-0.39, 0.29) is 0 Å². The number of nitrogens with two attached hydrogens (primary N) is 2. The van der Waals surface area contributed by atoms with Crippen LogP contribution in [0.3, 0.4) is 0 Å². The van der Waals surface area contributed by atoms with Gasteiger partial charge in [0.2, 0.25) is 5.91 Å². The molecule has 0 fully saturated rings. The zero-order valence-corrected chi connectivity index (χ0v) is 9.78. The molecule has 0 saturated heterocycles. The van der Waals surface area contributed by atoms with Gasteiger partial charge in [0.15, 0.2) is 0 Å². The number of hydrogen-bond acceptors (Lipinski definition) is 3. The number of hydrogen-bond donors (Lipinski definition) is 4. The summed E-state index contributed by atoms with van der Waals surface area (Å²) in [5.41, 5.74) is 10.7. The Morgan fingerprint density at radius 3 is 2.47 bits per heavy atom. The Hall–Kier alpha value is -2.24. The van der Waals surface area contributed by atoms with Crippen molar-refractivity contribution < 1.29 is 9.59 Å². The number of urea groups is 1. The van der Waals surface area contributed by atoms with Gasteiger partial charge in [-0.25, -0.2) is 4.79 Å². The Kier molecular flexibility index (Phi) is 3.57. The van der Waals surface area contributed by atoms with Crippen molar-refractivity contribution in [3.05, 3.63) is 24.3 Å². The minimum Gasteiger partial charge on any atom is -0.399 e. The van der Waals surface area contributed by atoms with Crippen molar-refractivity contribution in [3.8, 4) is 0 Å². The summed E-state index contributed by atoms with van der Waals surface area (Å²) in [4.78, 5) is 22.6. The molecule has 17 heavy (non-hydrogen) atoms. The molecule has 6 heteroatoms. The summed E-state index contributed by atoms with van der Waals surface area (Å²) in [5, 5.41) is 5.01. The number of amides is 3. The van der Waals surface area contributed by atoms with Gasteiger partial charge in [0.05, 0.1) is 0 Å². The molecule has 1 aromatic carbocycles. The van der Waals surface area contributed by atoms with Gasteiger partial charge >= 0.3 is 6.03 Å². The van der Waals surface area contributed by atoms with Gasteiger partial charge in [-0.3, -0.25) is 4.79 Å². The first-order valence-corrected chi connectivity index (χ1v) is 5.06. The maximum Gasteiger partial charge on any atom is 0.320 e. The fraction of sp³-hybridized carbons (Fsp3) is 0.273. The van der Waals surface area contributed by atoms with Crippen LogP contribution in [-0.4, -0.2) is 17.5 Å². The standard InChI is InChI=1S/C11H16N4O2/c1-11(2,9(13)16)15-10(17)14-8-5-3-4-7(12)6-8/h3-6H,12H2,1-2H3,(H2,13,16)(H2,14,15,17). The molecule has 0 bridgehead atoms. The van der Waals surface area contributed by atoms with Crippen molar-refractivity contribution in [2.24, 2.45) is 5.73 Å². The lowest BCUT2D eigenvalue weighted by molar-refractivity contribution is -0.122. The number of carbonyl (C=O) groups excluding carboxylic acids is 2. The van der Waals surface area contributed by atoms with Crippen molar-refractivity contribution in [2.75, 3.05) is 11.1 Å². The van der Waals surface area contributed by atoms with Gasteiger partial charge < -0.3 is 22.1 Å². The van der Waals surface area contributed by atoms with Crippen molar-refractivity contribution in [3.63, 3.8) is 0 Å². The van der Waals surface area contributed by atoms with Crippen LogP contribution in [0.5, 0.6) is 0 Å². The minimum absolute atomic E-state index is 0.514. The van der Waals surface area contributed by atoms with E-state index >= 15 is 0 Å². The molecule has 0 radical (unpaired) electrons. The van der Waals surface area contributed by atoms with E-state index in [1.807, 2.05) is 0 Å². The van der Waals surface area contributed by atoms with Gasteiger partial charge in [-0.1, -0.05) is 6.07 Å². The van der Waals surface area contributed by atoms with Gasteiger partial charge in [-0.2, -0.15) is 0 Å². The third-order valence-corrected chi connectivity index (χ3v) is 2.19. The summed E-state index contributed by atoms with van der Waals surface area (Å²) >= 11 is 0. The highest BCUT2D eigenvalue weighted by Gasteiger charge is 2.26. The lowest BCUT2D eigenvalue weighted by atomic mass is 10.1. The van der Waals surface area contributed by atoms with E-state index in [4.69, 9.17) is 11.5 Å². The van der Waals surface area contributed by atoms with Gasteiger partial charge in [0.1, 0.15) is 5.54 Å². The third-order valence-electron chi connectivity index (χ3n) is 2.19. The van der Waals surface area contributed by atoms with Crippen LogP contribution < -0.4 is 22.1 Å². The average molecular weight is 236 g/mol. The predicted molar refractivity (Wildman–Crippen MR) is 66.3 cm³/mol. The number of carbonyl (C=O) groups is 2. The van der Waals surface area contributed by atoms with Crippen LogP contribution in [-0.2, 0) is 4.79 Å². The molecule has 0 spiro atoms. The van der Waals surface area contributed by atoms with E-state index in [1.54, 1.807) is 24.3 Å². The lowest BCUT2D eigenvalue weighted by Crippen LogP contribution is -2.54. The van der Waals surface area contributed by atoms with Crippen LogP contribution >= 0.6 is 0 Å².